The number of furan rings is 1. The van der Waals surface area contributed by atoms with Crippen LogP contribution in [0.4, 0.5) is 0 Å². The molecule has 1 N–H and O–H groups in total. The van der Waals surface area contributed by atoms with Gasteiger partial charge in [0, 0.05) is 12.1 Å². The lowest BCUT2D eigenvalue weighted by atomic mass is 10.2. The highest BCUT2D eigenvalue weighted by Crippen LogP contribution is 2.17. The Morgan fingerprint density at radius 3 is 2.75 bits per heavy atom. The molecular formula is C18H20N4O2. The number of aromatic nitrogens is 2. The molecule has 0 saturated carbocycles. The maximum Gasteiger partial charge on any atom is 0.271 e. The molecule has 0 unspecified atom stereocenters. The number of fused-ring (bicyclic) bond motifs is 1. The lowest BCUT2D eigenvalue weighted by Crippen LogP contribution is -2.19. The molecule has 6 nitrogen and oxygen atoms in total. The second-order valence-electron chi connectivity index (χ2n) is 5.66. The van der Waals surface area contributed by atoms with Gasteiger partial charge in [0.25, 0.3) is 5.91 Å². The molecule has 0 aliphatic carbocycles. The summed E-state index contributed by atoms with van der Waals surface area (Å²) in [5, 5.41) is 4.10. The van der Waals surface area contributed by atoms with Crippen LogP contribution in [0.5, 0.6) is 0 Å². The summed E-state index contributed by atoms with van der Waals surface area (Å²) in [5.74, 6) is 2.11. The third-order valence-corrected chi connectivity index (χ3v) is 3.94. The highest BCUT2D eigenvalue weighted by atomic mass is 16.3. The first-order valence-corrected chi connectivity index (χ1v) is 7.88. The molecule has 1 amide bonds. The number of nitrogens with one attached hydrogen (secondary N) is 1. The topological polar surface area (TPSA) is 72.4 Å². The van der Waals surface area contributed by atoms with Gasteiger partial charge in [0.1, 0.15) is 23.1 Å². The molecule has 2 aromatic heterocycles. The maximum atomic E-state index is 12.3. The predicted molar refractivity (Wildman–Crippen MR) is 93.3 cm³/mol. The van der Waals surface area contributed by atoms with Crippen LogP contribution >= 0.6 is 0 Å². The van der Waals surface area contributed by atoms with Gasteiger partial charge in [-0.3, -0.25) is 4.79 Å². The second-order valence-corrected chi connectivity index (χ2v) is 5.66. The Bertz CT molecular complexity index is 934. The summed E-state index contributed by atoms with van der Waals surface area (Å²) >= 11 is 0. The lowest BCUT2D eigenvalue weighted by molar-refractivity contribution is 0.0955. The third kappa shape index (κ3) is 2.95. The van der Waals surface area contributed by atoms with Gasteiger partial charge in [-0.15, -0.1) is 0 Å². The number of rotatable bonds is 4. The van der Waals surface area contributed by atoms with E-state index in [1.54, 1.807) is 19.1 Å². The number of benzene rings is 1. The number of imidazole rings is 1. The van der Waals surface area contributed by atoms with Crippen molar-refractivity contribution in [3.8, 4) is 0 Å². The van der Waals surface area contributed by atoms with Crippen LogP contribution in [0.25, 0.3) is 11.0 Å². The number of carbonyl (C=O) groups excluding carboxylic acids is 1. The molecule has 0 aliphatic rings. The van der Waals surface area contributed by atoms with Gasteiger partial charge in [-0.25, -0.2) is 10.4 Å². The lowest BCUT2D eigenvalue weighted by Gasteiger charge is -2.03. The normalized spacial score (nSPS) is 11.9. The van der Waals surface area contributed by atoms with Crippen molar-refractivity contribution in [2.45, 2.75) is 34.2 Å². The van der Waals surface area contributed by atoms with Crippen molar-refractivity contribution in [2.24, 2.45) is 5.10 Å². The highest BCUT2D eigenvalue weighted by Gasteiger charge is 2.11. The summed E-state index contributed by atoms with van der Waals surface area (Å²) in [6, 6.07) is 9.17. The molecule has 124 valence electrons. The first-order chi connectivity index (χ1) is 11.5. The Balaban J connectivity index is 1.81. The number of aryl methyl sites for hydroxylation is 3. The van der Waals surface area contributed by atoms with Crippen LogP contribution in [-0.4, -0.2) is 21.2 Å². The van der Waals surface area contributed by atoms with Crippen LogP contribution in [0.1, 0.15) is 41.6 Å². The summed E-state index contributed by atoms with van der Waals surface area (Å²) in [5.41, 5.74) is 5.53. The minimum atomic E-state index is -0.275. The Morgan fingerprint density at radius 2 is 2.08 bits per heavy atom. The van der Waals surface area contributed by atoms with Crippen LogP contribution in [-0.2, 0) is 6.54 Å². The second kappa shape index (κ2) is 6.31. The van der Waals surface area contributed by atoms with Crippen LogP contribution in [0, 0.1) is 13.8 Å². The number of amides is 1. The van der Waals surface area contributed by atoms with Crippen molar-refractivity contribution >= 4 is 22.7 Å². The molecule has 3 rings (SSSR count). The fraction of sp³-hybridized carbons (Fsp3) is 0.278. The van der Waals surface area contributed by atoms with Crippen LogP contribution in [0.3, 0.4) is 0 Å². The van der Waals surface area contributed by atoms with E-state index in [1.165, 1.54) is 0 Å². The first kappa shape index (κ1) is 16.0. The van der Waals surface area contributed by atoms with Gasteiger partial charge in [0.2, 0.25) is 0 Å². The van der Waals surface area contributed by atoms with E-state index in [-0.39, 0.29) is 5.91 Å². The largest absolute Gasteiger partial charge is 0.460 e. The standard InChI is InChI=1S/C18H20N4O2/c1-5-22-13(4)19-15-10-14(7-8-16(15)22)18(23)21-20-12(3)17-9-6-11(2)24-17/h6-10H,5H2,1-4H3,(H,21,23)/b20-12-. The zero-order valence-corrected chi connectivity index (χ0v) is 14.3. The van der Waals surface area contributed by atoms with Gasteiger partial charge >= 0.3 is 0 Å². The monoisotopic (exact) mass is 324 g/mol. The quantitative estimate of drug-likeness (QED) is 0.590. The highest BCUT2D eigenvalue weighted by molar-refractivity contribution is 6.00. The summed E-state index contributed by atoms with van der Waals surface area (Å²) in [4.78, 5) is 16.8. The SMILES string of the molecule is CCn1c(C)nc2cc(C(=O)N/N=C(/C)c3ccc(C)o3)ccc21. The van der Waals surface area contributed by atoms with Crippen molar-refractivity contribution in [1.82, 2.24) is 15.0 Å². The molecule has 0 bridgehead atoms. The van der Waals surface area contributed by atoms with E-state index in [0.29, 0.717) is 17.0 Å². The molecule has 0 radical (unpaired) electrons. The minimum absolute atomic E-state index is 0.275. The summed E-state index contributed by atoms with van der Waals surface area (Å²) < 4.78 is 7.58. The Morgan fingerprint density at radius 1 is 1.29 bits per heavy atom. The smallest absolute Gasteiger partial charge is 0.271 e. The van der Waals surface area contributed by atoms with E-state index in [1.807, 2.05) is 32.0 Å². The fourth-order valence-electron chi connectivity index (χ4n) is 2.67. The van der Waals surface area contributed by atoms with Gasteiger partial charge < -0.3 is 8.98 Å². The number of hydrogen-bond acceptors (Lipinski definition) is 4. The molecule has 1 aromatic carbocycles. The molecular weight excluding hydrogens is 304 g/mol. The van der Waals surface area contributed by atoms with Crippen LogP contribution < -0.4 is 5.43 Å². The molecule has 6 heteroatoms. The van der Waals surface area contributed by atoms with Gasteiger partial charge in [-0.1, -0.05) is 0 Å². The molecule has 0 spiro atoms. The zero-order valence-electron chi connectivity index (χ0n) is 14.3. The fourth-order valence-corrected chi connectivity index (χ4v) is 2.67. The van der Waals surface area contributed by atoms with Crippen LogP contribution in [0.2, 0.25) is 0 Å². The summed E-state index contributed by atoms with van der Waals surface area (Å²) in [7, 11) is 0. The third-order valence-electron chi connectivity index (χ3n) is 3.94. The Kier molecular flexibility index (Phi) is 4.20. The summed E-state index contributed by atoms with van der Waals surface area (Å²) in [6.45, 7) is 8.53. The first-order valence-electron chi connectivity index (χ1n) is 7.88. The van der Waals surface area contributed by atoms with E-state index in [2.05, 4.69) is 27.0 Å². The van der Waals surface area contributed by atoms with E-state index < -0.39 is 0 Å². The van der Waals surface area contributed by atoms with E-state index in [4.69, 9.17) is 4.42 Å². The van der Waals surface area contributed by atoms with E-state index in [9.17, 15) is 4.79 Å². The van der Waals surface area contributed by atoms with E-state index in [0.717, 1.165) is 29.2 Å². The van der Waals surface area contributed by atoms with Gasteiger partial charge in [0.05, 0.1) is 11.0 Å². The minimum Gasteiger partial charge on any atom is -0.460 e. The molecule has 24 heavy (non-hydrogen) atoms. The number of hydrogen-bond donors (Lipinski definition) is 1. The average molecular weight is 324 g/mol. The van der Waals surface area contributed by atoms with Crippen molar-refractivity contribution in [2.75, 3.05) is 0 Å². The Labute approximate surface area is 140 Å². The molecule has 0 aliphatic heterocycles. The maximum absolute atomic E-state index is 12.3. The van der Waals surface area contributed by atoms with E-state index >= 15 is 0 Å². The Hall–Kier alpha value is -2.89. The number of nitrogens with zero attached hydrogens (tertiary/aromatic N) is 3. The summed E-state index contributed by atoms with van der Waals surface area (Å²) in [6.07, 6.45) is 0. The molecule has 2 heterocycles. The van der Waals surface area contributed by atoms with Crippen molar-refractivity contribution in [3.05, 3.63) is 53.2 Å². The van der Waals surface area contributed by atoms with Crippen molar-refractivity contribution in [1.29, 1.82) is 0 Å². The van der Waals surface area contributed by atoms with Gasteiger partial charge in [-0.2, -0.15) is 5.10 Å². The zero-order chi connectivity index (χ0) is 17.3. The molecule has 0 atom stereocenters. The number of carbonyl (C=O) groups is 1. The molecule has 3 aromatic rings. The predicted octanol–water partition coefficient (Wildman–Crippen LogP) is 3.42. The van der Waals surface area contributed by atoms with Gasteiger partial charge in [0.15, 0.2) is 0 Å². The van der Waals surface area contributed by atoms with Gasteiger partial charge in [-0.05, 0) is 58.0 Å². The average Bonchev–Trinajstić information content (AvgIpc) is 3.13. The van der Waals surface area contributed by atoms with Crippen molar-refractivity contribution in [3.63, 3.8) is 0 Å². The van der Waals surface area contributed by atoms with Crippen LogP contribution in [0.15, 0.2) is 39.9 Å². The van der Waals surface area contributed by atoms with Crippen molar-refractivity contribution < 1.29 is 9.21 Å². The number of hydrazone groups is 1. The molecule has 0 saturated heterocycles. The molecule has 0 fully saturated rings.